The molecule has 2 atom stereocenters. The van der Waals surface area contributed by atoms with Gasteiger partial charge in [0.1, 0.15) is 0 Å². The van der Waals surface area contributed by atoms with Gasteiger partial charge in [0, 0.05) is 19.5 Å². The Morgan fingerprint density at radius 1 is 1.38 bits per heavy atom. The Labute approximate surface area is 124 Å². The molecule has 1 amide bonds. The second-order valence-corrected chi connectivity index (χ2v) is 6.68. The van der Waals surface area contributed by atoms with Crippen LogP contribution in [0.15, 0.2) is 18.2 Å². The van der Waals surface area contributed by atoms with E-state index in [0.717, 1.165) is 6.07 Å². The van der Waals surface area contributed by atoms with Gasteiger partial charge in [-0.1, -0.05) is 19.9 Å². The molecule has 1 aliphatic rings. The SMILES string of the molecule is CN(CC(C)(C)CN)C(=O)C1CC1c1ccc(F)c(F)c1. The van der Waals surface area contributed by atoms with Crippen LogP contribution in [0.25, 0.3) is 0 Å². The van der Waals surface area contributed by atoms with Gasteiger partial charge in [0.2, 0.25) is 5.91 Å². The number of halogens is 2. The highest BCUT2D eigenvalue weighted by atomic mass is 19.2. The normalized spacial score (nSPS) is 21.2. The predicted molar refractivity (Wildman–Crippen MR) is 77.7 cm³/mol. The molecule has 0 aromatic heterocycles. The van der Waals surface area contributed by atoms with Crippen LogP contribution < -0.4 is 5.73 Å². The second-order valence-electron chi connectivity index (χ2n) is 6.68. The molecule has 0 aliphatic heterocycles. The van der Waals surface area contributed by atoms with E-state index in [1.807, 2.05) is 13.8 Å². The molecule has 1 aliphatic carbocycles. The highest BCUT2D eigenvalue weighted by Gasteiger charge is 2.45. The minimum Gasteiger partial charge on any atom is -0.345 e. The summed E-state index contributed by atoms with van der Waals surface area (Å²) >= 11 is 0. The summed E-state index contributed by atoms with van der Waals surface area (Å²) in [5, 5.41) is 0. The highest BCUT2D eigenvalue weighted by Crippen LogP contribution is 2.48. The van der Waals surface area contributed by atoms with Crippen LogP contribution in [0.1, 0.15) is 31.7 Å². The minimum atomic E-state index is -0.858. The van der Waals surface area contributed by atoms with Crippen LogP contribution in [-0.4, -0.2) is 30.9 Å². The van der Waals surface area contributed by atoms with Gasteiger partial charge >= 0.3 is 0 Å². The number of carbonyl (C=O) groups excluding carboxylic acids is 1. The predicted octanol–water partition coefficient (Wildman–Crippen LogP) is 2.51. The van der Waals surface area contributed by atoms with Gasteiger partial charge in [-0.15, -0.1) is 0 Å². The number of rotatable bonds is 5. The number of nitrogens with zero attached hydrogens (tertiary/aromatic N) is 1. The van der Waals surface area contributed by atoms with Crippen molar-refractivity contribution >= 4 is 5.91 Å². The minimum absolute atomic E-state index is 0.00367. The van der Waals surface area contributed by atoms with E-state index in [2.05, 4.69) is 0 Å². The van der Waals surface area contributed by atoms with Gasteiger partial charge in [-0.25, -0.2) is 8.78 Å². The summed E-state index contributed by atoms with van der Waals surface area (Å²) in [7, 11) is 1.76. The third-order valence-corrected chi connectivity index (χ3v) is 4.07. The van der Waals surface area contributed by atoms with E-state index < -0.39 is 11.6 Å². The number of benzene rings is 1. The Balaban J connectivity index is 1.99. The van der Waals surface area contributed by atoms with Crippen molar-refractivity contribution in [3.8, 4) is 0 Å². The van der Waals surface area contributed by atoms with E-state index in [1.165, 1.54) is 6.07 Å². The molecule has 2 N–H and O–H groups in total. The third kappa shape index (κ3) is 3.59. The zero-order valence-corrected chi connectivity index (χ0v) is 12.7. The van der Waals surface area contributed by atoms with Gasteiger partial charge in [-0.3, -0.25) is 4.79 Å². The Bertz CT molecular complexity index is 545. The lowest BCUT2D eigenvalue weighted by Gasteiger charge is -2.29. The van der Waals surface area contributed by atoms with Gasteiger partial charge in [0.05, 0.1) is 0 Å². The molecule has 2 unspecified atom stereocenters. The fourth-order valence-corrected chi connectivity index (χ4v) is 2.65. The number of hydrogen-bond acceptors (Lipinski definition) is 2. The third-order valence-electron chi connectivity index (χ3n) is 4.07. The first-order valence-electron chi connectivity index (χ1n) is 7.15. The topological polar surface area (TPSA) is 46.3 Å². The van der Waals surface area contributed by atoms with E-state index in [0.29, 0.717) is 25.1 Å². The van der Waals surface area contributed by atoms with Crippen LogP contribution in [0.4, 0.5) is 8.78 Å². The van der Waals surface area contributed by atoms with E-state index in [1.54, 1.807) is 18.0 Å². The first kappa shape index (κ1) is 15.9. The standard InChI is InChI=1S/C16H22F2N2O/c1-16(2,8-19)9-20(3)15(21)12-7-11(12)10-4-5-13(17)14(18)6-10/h4-6,11-12H,7-9,19H2,1-3H3. The Morgan fingerprint density at radius 3 is 2.62 bits per heavy atom. The molecule has 1 aromatic carbocycles. The van der Waals surface area contributed by atoms with Crippen LogP contribution in [0, 0.1) is 23.0 Å². The van der Waals surface area contributed by atoms with Gasteiger partial charge in [0.25, 0.3) is 0 Å². The number of nitrogens with two attached hydrogens (primary N) is 1. The summed E-state index contributed by atoms with van der Waals surface area (Å²) in [6.07, 6.45) is 0.692. The van der Waals surface area contributed by atoms with Crippen LogP contribution >= 0.6 is 0 Å². The molecule has 1 aromatic rings. The van der Waals surface area contributed by atoms with Crippen molar-refractivity contribution in [3.05, 3.63) is 35.4 Å². The molecule has 0 heterocycles. The Morgan fingerprint density at radius 2 is 2.05 bits per heavy atom. The van der Waals surface area contributed by atoms with E-state index in [9.17, 15) is 13.6 Å². The maximum atomic E-state index is 13.2. The smallest absolute Gasteiger partial charge is 0.226 e. The lowest BCUT2D eigenvalue weighted by atomic mass is 9.93. The lowest BCUT2D eigenvalue weighted by Crippen LogP contribution is -2.40. The molecule has 0 bridgehead atoms. The van der Waals surface area contributed by atoms with Gasteiger partial charge in [0.15, 0.2) is 11.6 Å². The first-order chi connectivity index (χ1) is 9.75. The first-order valence-corrected chi connectivity index (χ1v) is 7.15. The molecule has 1 fully saturated rings. The molecule has 3 nitrogen and oxygen atoms in total. The molecule has 21 heavy (non-hydrogen) atoms. The Kier molecular flexibility index (Phi) is 4.33. The van der Waals surface area contributed by atoms with E-state index in [4.69, 9.17) is 5.73 Å². The molecule has 0 radical (unpaired) electrons. The summed E-state index contributed by atoms with van der Waals surface area (Å²) in [5.41, 5.74) is 6.25. The fraction of sp³-hybridized carbons (Fsp3) is 0.562. The van der Waals surface area contributed by atoms with Crippen molar-refractivity contribution in [1.29, 1.82) is 0 Å². The summed E-state index contributed by atoms with van der Waals surface area (Å²) in [6, 6.07) is 3.86. The fourth-order valence-electron chi connectivity index (χ4n) is 2.65. The number of amides is 1. The summed E-state index contributed by atoms with van der Waals surface area (Å²) in [5.74, 6) is -1.80. The average molecular weight is 296 g/mol. The number of carbonyl (C=O) groups is 1. The van der Waals surface area contributed by atoms with Crippen LogP contribution in [0.5, 0.6) is 0 Å². The monoisotopic (exact) mass is 296 g/mol. The maximum absolute atomic E-state index is 13.2. The zero-order valence-electron chi connectivity index (χ0n) is 12.7. The van der Waals surface area contributed by atoms with E-state index >= 15 is 0 Å². The van der Waals surface area contributed by atoms with Gasteiger partial charge in [-0.2, -0.15) is 0 Å². The molecule has 5 heteroatoms. The molecule has 1 saturated carbocycles. The van der Waals surface area contributed by atoms with Crippen molar-refractivity contribution in [3.63, 3.8) is 0 Å². The second kappa shape index (κ2) is 5.72. The van der Waals surface area contributed by atoms with Crippen LogP contribution in [0.2, 0.25) is 0 Å². The average Bonchev–Trinajstić information content (AvgIpc) is 3.21. The van der Waals surface area contributed by atoms with Crippen LogP contribution in [-0.2, 0) is 4.79 Å². The van der Waals surface area contributed by atoms with E-state index in [-0.39, 0.29) is 23.2 Å². The summed E-state index contributed by atoms with van der Waals surface area (Å²) < 4.78 is 26.2. The van der Waals surface area contributed by atoms with Crippen molar-refractivity contribution in [2.45, 2.75) is 26.2 Å². The number of hydrogen-bond donors (Lipinski definition) is 1. The molecule has 2 rings (SSSR count). The quantitative estimate of drug-likeness (QED) is 0.907. The summed E-state index contributed by atoms with van der Waals surface area (Å²) in [6.45, 7) is 5.11. The van der Waals surface area contributed by atoms with Crippen molar-refractivity contribution in [1.82, 2.24) is 4.90 Å². The van der Waals surface area contributed by atoms with Gasteiger partial charge < -0.3 is 10.6 Å². The molecule has 0 saturated heterocycles. The largest absolute Gasteiger partial charge is 0.345 e. The highest BCUT2D eigenvalue weighted by molar-refractivity contribution is 5.82. The zero-order chi connectivity index (χ0) is 15.8. The van der Waals surface area contributed by atoms with Crippen molar-refractivity contribution < 1.29 is 13.6 Å². The lowest BCUT2D eigenvalue weighted by molar-refractivity contribution is -0.132. The molecular weight excluding hydrogens is 274 g/mol. The Hall–Kier alpha value is -1.49. The maximum Gasteiger partial charge on any atom is 0.226 e. The molecular formula is C16H22F2N2O. The van der Waals surface area contributed by atoms with Crippen molar-refractivity contribution in [2.75, 3.05) is 20.1 Å². The summed E-state index contributed by atoms with van der Waals surface area (Å²) in [4.78, 5) is 14.0. The van der Waals surface area contributed by atoms with Crippen molar-refractivity contribution in [2.24, 2.45) is 17.1 Å². The molecule has 0 spiro atoms. The van der Waals surface area contributed by atoms with Crippen LogP contribution in [0.3, 0.4) is 0 Å². The molecule has 116 valence electrons. The van der Waals surface area contributed by atoms with Gasteiger partial charge in [-0.05, 0) is 42.0 Å².